The molecule has 1 heterocycles. The monoisotopic (exact) mass is 348 g/mol. The van der Waals surface area contributed by atoms with Crippen LogP contribution in [0.3, 0.4) is 0 Å². The van der Waals surface area contributed by atoms with Gasteiger partial charge in [-0.2, -0.15) is 10.1 Å². The predicted molar refractivity (Wildman–Crippen MR) is 104 cm³/mol. The molecule has 3 aromatic rings. The Morgan fingerprint density at radius 3 is 2.15 bits per heavy atom. The van der Waals surface area contributed by atoms with E-state index in [4.69, 9.17) is 0 Å². The van der Waals surface area contributed by atoms with Gasteiger partial charge in [0.2, 0.25) is 5.95 Å². The smallest absolute Gasteiger partial charge is 0.249 e. The minimum atomic E-state index is 0.0343. The highest BCUT2D eigenvalue weighted by molar-refractivity contribution is 5.94. The number of nitrogens with zero attached hydrogens (tertiary/aromatic N) is 4. The molecule has 0 saturated carbocycles. The van der Waals surface area contributed by atoms with Crippen molar-refractivity contribution in [2.24, 2.45) is 0 Å². The van der Waals surface area contributed by atoms with Crippen molar-refractivity contribution < 1.29 is 4.79 Å². The lowest BCUT2D eigenvalue weighted by Crippen LogP contribution is -2.08. The third-order valence-corrected chi connectivity index (χ3v) is 3.76. The highest BCUT2D eigenvalue weighted by atomic mass is 16.1. The Balaban J connectivity index is 1.70. The number of hydrogen-bond acceptors (Lipinski definition) is 7. The van der Waals surface area contributed by atoms with Crippen LogP contribution in [0.25, 0.3) is 0 Å². The minimum absolute atomic E-state index is 0.0343. The molecule has 2 N–H and O–H groups in total. The van der Waals surface area contributed by atoms with Crippen LogP contribution in [0.4, 0.5) is 28.8 Å². The number of anilines is 5. The number of aromatic nitrogens is 3. The van der Waals surface area contributed by atoms with Gasteiger partial charge in [0, 0.05) is 36.7 Å². The van der Waals surface area contributed by atoms with Gasteiger partial charge in [0.25, 0.3) is 0 Å². The second-order valence-corrected chi connectivity index (χ2v) is 5.99. The van der Waals surface area contributed by atoms with E-state index < -0.39 is 0 Å². The first-order valence-corrected chi connectivity index (χ1v) is 8.13. The van der Waals surface area contributed by atoms with Crippen molar-refractivity contribution >= 4 is 34.6 Å². The third-order valence-electron chi connectivity index (χ3n) is 3.76. The summed E-state index contributed by atoms with van der Waals surface area (Å²) in [6.07, 6.45) is 1.54. The number of rotatable bonds is 6. The Morgan fingerprint density at radius 2 is 1.54 bits per heavy atom. The topological polar surface area (TPSA) is 83.0 Å². The van der Waals surface area contributed by atoms with Crippen LogP contribution in [0.1, 0.15) is 17.3 Å². The first kappa shape index (κ1) is 17.3. The molecular formula is C19H20N6O. The zero-order chi connectivity index (χ0) is 18.5. The Hall–Kier alpha value is -3.48. The van der Waals surface area contributed by atoms with Crippen LogP contribution in [-0.4, -0.2) is 35.1 Å². The SMILES string of the molecule is CC(=O)c1ccc(Nc2cnnc(Nc3ccc(N(C)C)cc3)n2)cc1. The minimum Gasteiger partial charge on any atom is -0.378 e. The Bertz CT molecular complexity index is 891. The van der Waals surface area contributed by atoms with Gasteiger partial charge < -0.3 is 15.5 Å². The van der Waals surface area contributed by atoms with E-state index in [0.717, 1.165) is 17.1 Å². The molecule has 1 aromatic heterocycles. The number of carbonyl (C=O) groups is 1. The van der Waals surface area contributed by atoms with Crippen molar-refractivity contribution in [1.29, 1.82) is 0 Å². The van der Waals surface area contributed by atoms with Crippen LogP contribution >= 0.6 is 0 Å². The summed E-state index contributed by atoms with van der Waals surface area (Å²) in [5, 5.41) is 14.3. The summed E-state index contributed by atoms with van der Waals surface area (Å²) >= 11 is 0. The molecule has 26 heavy (non-hydrogen) atoms. The van der Waals surface area contributed by atoms with Crippen molar-refractivity contribution in [3.63, 3.8) is 0 Å². The standard InChI is InChI=1S/C19H20N6O/c1-13(26)14-4-6-15(7-5-14)21-18-12-20-24-19(23-18)22-16-8-10-17(11-9-16)25(2)3/h4-12H,1-3H3,(H2,21,22,23,24). The molecule has 0 aliphatic heterocycles. The summed E-state index contributed by atoms with van der Waals surface area (Å²) in [6.45, 7) is 1.54. The molecule has 0 radical (unpaired) electrons. The molecule has 0 atom stereocenters. The number of benzene rings is 2. The maximum Gasteiger partial charge on any atom is 0.249 e. The maximum atomic E-state index is 11.3. The van der Waals surface area contributed by atoms with Crippen LogP contribution in [0.15, 0.2) is 54.7 Å². The lowest BCUT2D eigenvalue weighted by Gasteiger charge is -2.13. The Morgan fingerprint density at radius 1 is 0.923 bits per heavy atom. The summed E-state index contributed by atoms with van der Waals surface area (Å²) in [4.78, 5) is 17.8. The van der Waals surface area contributed by atoms with Crippen LogP contribution in [-0.2, 0) is 0 Å². The quantitative estimate of drug-likeness (QED) is 0.658. The maximum absolute atomic E-state index is 11.3. The van der Waals surface area contributed by atoms with Crippen molar-refractivity contribution in [1.82, 2.24) is 15.2 Å². The van der Waals surface area contributed by atoms with E-state index in [1.54, 1.807) is 25.3 Å². The fourth-order valence-electron chi connectivity index (χ4n) is 2.32. The Kier molecular flexibility index (Phi) is 5.07. The van der Waals surface area contributed by atoms with E-state index in [1.807, 2.05) is 55.4 Å². The van der Waals surface area contributed by atoms with Gasteiger partial charge in [-0.15, -0.1) is 5.10 Å². The summed E-state index contributed by atoms with van der Waals surface area (Å²) in [5.74, 6) is 0.989. The normalized spacial score (nSPS) is 10.3. The van der Waals surface area contributed by atoms with Gasteiger partial charge in [-0.3, -0.25) is 4.79 Å². The molecule has 0 saturated heterocycles. The Labute approximate surface area is 152 Å². The summed E-state index contributed by atoms with van der Waals surface area (Å²) in [5.41, 5.74) is 3.47. The van der Waals surface area contributed by atoms with Gasteiger partial charge in [0.1, 0.15) is 0 Å². The van der Waals surface area contributed by atoms with Crippen molar-refractivity contribution in [2.45, 2.75) is 6.92 Å². The average molecular weight is 348 g/mol. The van der Waals surface area contributed by atoms with Crippen molar-refractivity contribution in [2.75, 3.05) is 29.6 Å². The molecule has 0 aliphatic carbocycles. The van der Waals surface area contributed by atoms with Gasteiger partial charge in [0.15, 0.2) is 11.6 Å². The first-order chi connectivity index (χ1) is 12.5. The van der Waals surface area contributed by atoms with E-state index in [0.29, 0.717) is 17.3 Å². The van der Waals surface area contributed by atoms with Crippen LogP contribution in [0.2, 0.25) is 0 Å². The molecule has 0 unspecified atom stereocenters. The molecule has 0 spiro atoms. The number of Topliss-reactive ketones (excluding diaryl/α,β-unsaturated/α-hetero) is 1. The highest BCUT2D eigenvalue weighted by Crippen LogP contribution is 2.20. The van der Waals surface area contributed by atoms with Crippen molar-refractivity contribution in [3.05, 3.63) is 60.3 Å². The fraction of sp³-hybridized carbons (Fsp3) is 0.158. The number of hydrogen-bond donors (Lipinski definition) is 2. The average Bonchev–Trinajstić information content (AvgIpc) is 2.63. The third kappa shape index (κ3) is 4.32. The van der Waals surface area contributed by atoms with E-state index >= 15 is 0 Å². The molecular weight excluding hydrogens is 328 g/mol. The zero-order valence-electron chi connectivity index (χ0n) is 14.9. The molecule has 0 bridgehead atoms. The lowest BCUT2D eigenvalue weighted by atomic mass is 10.1. The van der Waals surface area contributed by atoms with E-state index in [2.05, 4.69) is 25.8 Å². The van der Waals surface area contributed by atoms with Crippen LogP contribution in [0, 0.1) is 0 Å². The fourth-order valence-corrected chi connectivity index (χ4v) is 2.32. The summed E-state index contributed by atoms with van der Waals surface area (Å²) in [7, 11) is 3.99. The molecule has 2 aromatic carbocycles. The molecule has 0 fully saturated rings. The predicted octanol–water partition coefficient (Wildman–Crippen LogP) is 3.63. The van der Waals surface area contributed by atoms with Gasteiger partial charge >= 0.3 is 0 Å². The zero-order valence-corrected chi connectivity index (χ0v) is 14.9. The number of ketones is 1. The molecule has 7 nitrogen and oxygen atoms in total. The van der Waals surface area contributed by atoms with E-state index in [-0.39, 0.29) is 5.78 Å². The van der Waals surface area contributed by atoms with E-state index in [1.165, 1.54) is 0 Å². The van der Waals surface area contributed by atoms with Gasteiger partial charge in [0.05, 0.1) is 6.20 Å². The second-order valence-electron chi connectivity index (χ2n) is 5.99. The summed E-state index contributed by atoms with van der Waals surface area (Å²) < 4.78 is 0. The summed E-state index contributed by atoms with van der Waals surface area (Å²) in [6, 6.07) is 15.1. The highest BCUT2D eigenvalue weighted by Gasteiger charge is 2.04. The number of carbonyl (C=O) groups excluding carboxylic acids is 1. The van der Waals surface area contributed by atoms with Gasteiger partial charge in [-0.25, -0.2) is 0 Å². The first-order valence-electron chi connectivity index (χ1n) is 8.13. The molecule has 132 valence electrons. The molecule has 0 amide bonds. The van der Waals surface area contributed by atoms with Gasteiger partial charge in [-0.1, -0.05) is 0 Å². The molecule has 3 rings (SSSR count). The van der Waals surface area contributed by atoms with Crippen LogP contribution in [0.5, 0.6) is 0 Å². The number of nitrogens with one attached hydrogen (secondary N) is 2. The van der Waals surface area contributed by atoms with Crippen LogP contribution < -0.4 is 15.5 Å². The van der Waals surface area contributed by atoms with Gasteiger partial charge in [-0.05, 0) is 55.5 Å². The molecule has 7 heteroatoms. The molecule has 0 aliphatic rings. The van der Waals surface area contributed by atoms with E-state index in [9.17, 15) is 4.79 Å². The lowest BCUT2D eigenvalue weighted by molar-refractivity contribution is 0.101. The van der Waals surface area contributed by atoms with Crippen molar-refractivity contribution in [3.8, 4) is 0 Å². The second kappa shape index (κ2) is 7.60. The largest absolute Gasteiger partial charge is 0.378 e.